The first-order valence-electron chi connectivity index (χ1n) is 9.93. The molecule has 2 atom stereocenters. The maximum absolute atomic E-state index is 12.6. The lowest BCUT2D eigenvalue weighted by atomic mass is 10.0. The molecule has 1 heterocycles. The molecule has 1 N–H and O–H groups in total. The van der Waals surface area contributed by atoms with Crippen molar-refractivity contribution in [3.63, 3.8) is 0 Å². The Kier molecular flexibility index (Phi) is 8.69. The third kappa shape index (κ3) is 7.53. The summed E-state index contributed by atoms with van der Waals surface area (Å²) in [6.07, 6.45) is 8.16. The van der Waals surface area contributed by atoms with Gasteiger partial charge in [-0.05, 0) is 41.0 Å². The number of ether oxygens (including phenoxy) is 2. The van der Waals surface area contributed by atoms with Gasteiger partial charge in [0.1, 0.15) is 11.3 Å². The molecule has 1 aliphatic heterocycles. The molecule has 0 spiro atoms. The van der Waals surface area contributed by atoms with Crippen molar-refractivity contribution in [3.8, 4) is 0 Å². The Bertz CT molecular complexity index is 403. The molecule has 0 saturated carbocycles. The second-order valence-corrected chi connectivity index (χ2v) is 8.65. The zero-order chi connectivity index (χ0) is 19.1. The van der Waals surface area contributed by atoms with E-state index in [0.29, 0.717) is 13.0 Å². The lowest BCUT2D eigenvalue weighted by Crippen LogP contribution is -2.53. The van der Waals surface area contributed by atoms with Gasteiger partial charge < -0.3 is 14.6 Å². The van der Waals surface area contributed by atoms with E-state index in [1.54, 1.807) is 4.90 Å². The van der Waals surface area contributed by atoms with Gasteiger partial charge in [-0.2, -0.15) is 0 Å². The molecule has 5 nitrogen and oxygen atoms in total. The van der Waals surface area contributed by atoms with Crippen LogP contribution in [-0.2, 0) is 9.47 Å². The molecule has 1 saturated heterocycles. The van der Waals surface area contributed by atoms with E-state index < -0.39 is 23.5 Å². The number of nitrogens with zero attached hydrogens (tertiary/aromatic N) is 1. The quantitative estimate of drug-likeness (QED) is 0.599. The van der Waals surface area contributed by atoms with Crippen molar-refractivity contribution in [2.75, 3.05) is 6.61 Å². The van der Waals surface area contributed by atoms with Crippen LogP contribution in [0.15, 0.2) is 0 Å². The van der Waals surface area contributed by atoms with Crippen LogP contribution in [0.3, 0.4) is 0 Å². The zero-order valence-electron chi connectivity index (χ0n) is 17.1. The smallest absolute Gasteiger partial charge is 0.412 e. The predicted molar refractivity (Wildman–Crippen MR) is 101 cm³/mol. The summed E-state index contributed by atoms with van der Waals surface area (Å²) in [7, 11) is 0. The maximum Gasteiger partial charge on any atom is 0.412 e. The fourth-order valence-electron chi connectivity index (χ4n) is 3.29. The summed E-state index contributed by atoms with van der Waals surface area (Å²) >= 11 is 0. The molecular formula is C20H39NO4. The largest absolute Gasteiger partial charge is 0.444 e. The molecule has 1 rings (SSSR count). The van der Waals surface area contributed by atoms with Crippen molar-refractivity contribution in [3.05, 3.63) is 0 Å². The number of carbonyl (C=O) groups is 1. The van der Waals surface area contributed by atoms with Crippen LogP contribution >= 0.6 is 0 Å². The highest BCUT2D eigenvalue weighted by Crippen LogP contribution is 2.32. The van der Waals surface area contributed by atoms with Crippen molar-refractivity contribution in [2.24, 2.45) is 0 Å². The fourth-order valence-corrected chi connectivity index (χ4v) is 3.29. The Morgan fingerprint density at radius 3 is 2.32 bits per heavy atom. The molecule has 0 bridgehead atoms. The number of aliphatic hydroxyl groups is 1. The molecular weight excluding hydrogens is 318 g/mol. The molecule has 25 heavy (non-hydrogen) atoms. The van der Waals surface area contributed by atoms with Gasteiger partial charge in [0.15, 0.2) is 0 Å². The van der Waals surface area contributed by atoms with E-state index in [1.807, 2.05) is 34.6 Å². The number of hydrogen-bond acceptors (Lipinski definition) is 4. The van der Waals surface area contributed by atoms with Gasteiger partial charge in [-0.25, -0.2) is 4.79 Å². The number of unbranched alkanes of at least 4 members (excludes halogenated alkanes) is 6. The van der Waals surface area contributed by atoms with Gasteiger partial charge in [0, 0.05) is 0 Å². The van der Waals surface area contributed by atoms with Crippen LogP contribution in [0.4, 0.5) is 4.79 Å². The van der Waals surface area contributed by atoms with Gasteiger partial charge in [-0.3, -0.25) is 4.90 Å². The molecule has 1 aliphatic rings. The van der Waals surface area contributed by atoms with Crippen molar-refractivity contribution in [1.82, 2.24) is 4.90 Å². The molecule has 0 aromatic carbocycles. The SMILES string of the molecule is CCCCCCCCC[C@H](O)[C@@H]1COC(C)(C)N1C(=O)OC(C)(C)C. The number of carbonyl (C=O) groups excluding carboxylic acids is 1. The highest BCUT2D eigenvalue weighted by Gasteiger charge is 2.48. The number of rotatable bonds is 9. The molecule has 1 fully saturated rings. The highest BCUT2D eigenvalue weighted by molar-refractivity contribution is 5.69. The molecule has 0 aromatic rings. The summed E-state index contributed by atoms with van der Waals surface area (Å²) in [5.41, 5.74) is -1.32. The summed E-state index contributed by atoms with van der Waals surface area (Å²) in [6.45, 7) is 11.8. The minimum absolute atomic E-state index is 0.343. The fraction of sp³-hybridized carbons (Fsp3) is 0.950. The summed E-state index contributed by atoms with van der Waals surface area (Å²) < 4.78 is 11.3. The monoisotopic (exact) mass is 357 g/mol. The van der Waals surface area contributed by atoms with Gasteiger partial charge in [0.2, 0.25) is 0 Å². The summed E-state index contributed by atoms with van der Waals surface area (Å²) in [4.78, 5) is 14.2. The average molecular weight is 358 g/mol. The Balaban J connectivity index is 2.49. The lowest BCUT2D eigenvalue weighted by molar-refractivity contribution is -0.0681. The van der Waals surface area contributed by atoms with Crippen LogP contribution in [0.25, 0.3) is 0 Å². The Hall–Kier alpha value is -0.810. The average Bonchev–Trinajstić information content (AvgIpc) is 2.80. The van der Waals surface area contributed by atoms with E-state index in [0.717, 1.165) is 12.8 Å². The van der Waals surface area contributed by atoms with Crippen molar-refractivity contribution < 1.29 is 19.4 Å². The van der Waals surface area contributed by atoms with E-state index in [1.165, 1.54) is 32.1 Å². The third-order valence-corrected chi connectivity index (χ3v) is 4.66. The molecule has 148 valence electrons. The molecule has 0 radical (unpaired) electrons. The van der Waals surface area contributed by atoms with Gasteiger partial charge >= 0.3 is 6.09 Å². The van der Waals surface area contributed by atoms with Crippen molar-refractivity contribution in [1.29, 1.82) is 0 Å². The topological polar surface area (TPSA) is 59.0 Å². The van der Waals surface area contributed by atoms with Gasteiger partial charge in [-0.1, -0.05) is 51.9 Å². The van der Waals surface area contributed by atoms with E-state index >= 15 is 0 Å². The van der Waals surface area contributed by atoms with Crippen LogP contribution in [0, 0.1) is 0 Å². The van der Waals surface area contributed by atoms with E-state index in [9.17, 15) is 9.90 Å². The Morgan fingerprint density at radius 1 is 1.20 bits per heavy atom. The Morgan fingerprint density at radius 2 is 1.76 bits per heavy atom. The van der Waals surface area contributed by atoms with Gasteiger partial charge in [-0.15, -0.1) is 0 Å². The van der Waals surface area contributed by atoms with Crippen LogP contribution < -0.4 is 0 Å². The lowest BCUT2D eigenvalue weighted by Gasteiger charge is -2.36. The van der Waals surface area contributed by atoms with Crippen molar-refractivity contribution in [2.45, 2.75) is 116 Å². The molecule has 0 unspecified atom stereocenters. The first-order valence-corrected chi connectivity index (χ1v) is 9.93. The maximum atomic E-state index is 12.6. The van der Waals surface area contributed by atoms with Crippen LogP contribution in [0.1, 0.15) is 92.9 Å². The summed E-state index contributed by atoms with van der Waals surface area (Å²) in [5.74, 6) is 0. The summed E-state index contributed by atoms with van der Waals surface area (Å²) in [5, 5.41) is 10.6. The number of aliphatic hydroxyl groups excluding tert-OH is 1. The number of amides is 1. The van der Waals surface area contributed by atoms with Crippen LogP contribution in [0.2, 0.25) is 0 Å². The minimum atomic E-state index is -0.756. The van der Waals surface area contributed by atoms with Crippen LogP contribution in [-0.4, -0.2) is 46.2 Å². The zero-order valence-corrected chi connectivity index (χ0v) is 17.1. The predicted octanol–water partition coefficient (Wildman–Crippen LogP) is 4.86. The first kappa shape index (κ1) is 22.2. The molecule has 5 heteroatoms. The molecule has 1 amide bonds. The molecule has 0 aliphatic carbocycles. The van der Waals surface area contributed by atoms with Crippen LogP contribution in [0.5, 0.6) is 0 Å². The van der Waals surface area contributed by atoms with E-state index in [-0.39, 0.29) is 6.04 Å². The van der Waals surface area contributed by atoms with Crippen molar-refractivity contribution >= 4 is 6.09 Å². The summed E-state index contributed by atoms with van der Waals surface area (Å²) in [6, 6.07) is -0.343. The molecule has 0 aromatic heterocycles. The first-order chi connectivity index (χ1) is 11.6. The van der Waals surface area contributed by atoms with Gasteiger partial charge in [0.25, 0.3) is 0 Å². The highest BCUT2D eigenvalue weighted by atomic mass is 16.6. The second-order valence-electron chi connectivity index (χ2n) is 8.65. The Labute approximate surface area is 154 Å². The van der Waals surface area contributed by atoms with E-state index in [4.69, 9.17) is 9.47 Å². The normalized spacial score (nSPS) is 21.4. The standard InChI is InChI=1S/C20H39NO4/c1-7-8-9-10-11-12-13-14-17(22)16-15-24-20(5,6)21(16)18(23)25-19(2,3)4/h16-17,22H,7-15H2,1-6H3/t16-,17-/m0/s1. The second kappa shape index (κ2) is 9.77. The van der Waals surface area contributed by atoms with Gasteiger partial charge in [0.05, 0.1) is 18.8 Å². The number of hydrogen-bond donors (Lipinski definition) is 1. The minimum Gasteiger partial charge on any atom is -0.444 e. The third-order valence-electron chi connectivity index (χ3n) is 4.66. The van der Waals surface area contributed by atoms with E-state index in [2.05, 4.69) is 6.92 Å².